The molecule has 3 nitrogen and oxygen atoms in total. The molecule has 2 N–H and O–H groups in total. The van der Waals surface area contributed by atoms with E-state index in [0.717, 1.165) is 24.0 Å². The minimum Gasteiger partial charge on any atom is -0.340 e. The molecule has 0 unspecified atom stereocenters. The zero-order valence-corrected chi connectivity index (χ0v) is 7.45. The van der Waals surface area contributed by atoms with Crippen molar-refractivity contribution in [1.29, 1.82) is 0 Å². The molecule has 0 atom stereocenters. The number of H-pyrrole nitrogens is 1. The second-order valence-corrected chi connectivity index (χ2v) is 3.18. The summed E-state index contributed by atoms with van der Waals surface area (Å²) >= 11 is 1.74. The minimum absolute atomic E-state index is 1.00. The van der Waals surface area contributed by atoms with E-state index < -0.39 is 0 Å². The van der Waals surface area contributed by atoms with E-state index in [0.29, 0.717) is 0 Å². The van der Waals surface area contributed by atoms with Crippen molar-refractivity contribution in [1.82, 2.24) is 15.3 Å². The molecule has 62 valence electrons. The number of nitrogens with zero attached hydrogens (tertiary/aromatic N) is 1. The Morgan fingerprint density at radius 3 is 3.27 bits per heavy atom. The fourth-order valence-electron chi connectivity index (χ4n) is 0.726. The van der Waals surface area contributed by atoms with Crippen molar-refractivity contribution in [2.24, 2.45) is 0 Å². The molecule has 0 aliphatic heterocycles. The molecule has 11 heavy (non-hydrogen) atoms. The predicted octanol–water partition coefficient (Wildman–Crippen LogP) is 1.11. The van der Waals surface area contributed by atoms with Crippen molar-refractivity contribution in [2.45, 2.75) is 12.1 Å². The lowest BCUT2D eigenvalue weighted by atomic mass is 10.7. The van der Waals surface area contributed by atoms with Crippen LogP contribution in [0.2, 0.25) is 0 Å². The summed E-state index contributed by atoms with van der Waals surface area (Å²) in [4.78, 5) is 7.13. The molecule has 1 aromatic heterocycles. The van der Waals surface area contributed by atoms with E-state index in [1.807, 2.05) is 6.20 Å². The first-order valence-corrected chi connectivity index (χ1v) is 4.75. The summed E-state index contributed by atoms with van der Waals surface area (Å²) in [6, 6.07) is 0. The summed E-state index contributed by atoms with van der Waals surface area (Å²) < 4.78 is 0. The number of imidazole rings is 1. The zero-order valence-electron chi connectivity index (χ0n) is 6.63. The van der Waals surface area contributed by atoms with E-state index in [4.69, 9.17) is 0 Å². The van der Waals surface area contributed by atoms with E-state index >= 15 is 0 Å². The van der Waals surface area contributed by atoms with Crippen LogP contribution in [0.5, 0.6) is 0 Å². The van der Waals surface area contributed by atoms with Crippen LogP contribution in [0, 0.1) is 0 Å². The number of aromatic nitrogens is 2. The van der Waals surface area contributed by atoms with Gasteiger partial charge in [0.15, 0.2) is 5.16 Å². The van der Waals surface area contributed by atoms with Crippen molar-refractivity contribution in [3.05, 3.63) is 12.4 Å². The van der Waals surface area contributed by atoms with Crippen LogP contribution in [0.1, 0.15) is 6.92 Å². The van der Waals surface area contributed by atoms with Crippen LogP contribution in [0.25, 0.3) is 0 Å². The third-order valence-electron chi connectivity index (χ3n) is 1.24. The smallest absolute Gasteiger partial charge is 0.165 e. The van der Waals surface area contributed by atoms with Crippen molar-refractivity contribution >= 4 is 11.8 Å². The molecule has 1 rings (SSSR count). The third-order valence-corrected chi connectivity index (χ3v) is 2.15. The monoisotopic (exact) mass is 171 g/mol. The van der Waals surface area contributed by atoms with Crippen LogP contribution >= 0.6 is 11.8 Å². The maximum Gasteiger partial charge on any atom is 0.165 e. The number of hydrogen-bond donors (Lipinski definition) is 2. The summed E-state index contributed by atoms with van der Waals surface area (Å²) in [6.45, 7) is 4.19. The van der Waals surface area contributed by atoms with Gasteiger partial charge < -0.3 is 10.3 Å². The Labute approximate surface area is 71.0 Å². The number of aromatic amines is 1. The van der Waals surface area contributed by atoms with Gasteiger partial charge in [0.2, 0.25) is 0 Å². The first kappa shape index (κ1) is 8.62. The summed E-state index contributed by atoms with van der Waals surface area (Å²) in [6.07, 6.45) is 3.62. The standard InChI is InChI=1S/C7H13N3S/c1-2-8-5-6-11-7-9-3-4-10-7/h3-4,8H,2,5-6H2,1H3,(H,9,10). The third kappa shape index (κ3) is 3.43. The predicted molar refractivity (Wildman–Crippen MR) is 47.9 cm³/mol. The average molecular weight is 171 g/mol. The van der Waals surface area contributed by atoms with Crippen LogP contribution in [0.3, 0.4) is 0 Å². The maximum absolute atomic E-state index is 4.09. The Balaban J connectivity index is 2.04. The molecule has 0 amide bonds. The van der Waals surface area contributed by atoms with Gasteiger partial charge in [-0.15, -0.1) is 0 Å². The van der Waals surface area contributed by atoms with E-state index in [1.165, 1.54) is 0 Å². The molecule has 0 saturated carbocycles. The SMILES string of the molecule is CCNCCSc1ncc[nH]1. The average Bonchev–Trinajstić information content (AvgIpc) is 2.50. The van der Waals surface area contributed by atoms with E-state index in [-0.39, 0.29) is 0 Å². The Morgan fingerprint density at radius 2 is 2.64 bits per heavy atom. The fraction of sp³-hybridized carbons (Fsp3) is 0.571. The highest BCUT2D eigenvalue weighted by Gasteiger charge is 1.92. The van der Waals surface area contributed by atoms with Crippen LogP contribution in [-0.4, -0.2) is 28.8 Å². The van der Waals surface area contributed by atoms with Crippen LogP contribution < -0.4 is 5.32 Å². The topological polar surface area (TPSA) is 40.7 Å². The van der Waals surface area contributed by atoms with Crippen LogP contribution in [0.4, 0.5) is 0 Å². The molecule has 1 heterocycles. The Bertz CT molecular complexity index is 174. The summed E-state index contributed by atoms with van der Waals surface area (Å²) in [5.41, 5.74) is 0. The Hall–Kier alpha value is -0.480. The molecular formula is C7H13N3S. The van der Waals surface area contributed by atoms with E-state index in [2.05, 4.69) is 22.2 Å². The van der Waals surface area contributed by atoms with E-state index in [1.54, 1.807) is 18.0 Å². The lowest BCUT2D eigenvalue weighted by molar-refractivity contribution is 0.767. The van der Waals surface area contributed by atoms with Gasteiger partial charge in [0.25, 0.3) is 0 Å². The van der Waals surface area contributed by atoms with Gasteiger partial charge in [-0.2, -0.15) is 0 Å². The Kier molecular flexibility index (Phi) is 4.08. The Morgan fingerprint density at radius 1 is 1.73 bits per heavy atom. The second-order valence-electron chi connectivity index (χ2n) is 2.10. The van der Waals surface area contributed by atoms with Gasteiger partial charge in [0.05, 0.1) is 0 Å². The molecule has 0 fully saturated rings. The summed E-state index contributed by atoms with van der Waals surface area (Å²) in [5, 5.41) is 4.25. The number of thioether (sulfide) groups is 1. The number of hydrogen-bond acceptors (Lipinski definition) is 3. The van der Waals surface area contributed by atoms with Crippen molar-refractivity contribution < 1.29 is 0 Å². The van der Waals surface area contributed by atoms with Crippen molar-refractivity contribution in [2.75, 3.05) is 18.8 Å². The highest BCUT2D eigenvalue weighted by Crippen LogP contribution is 2.09. The molecule has 0 aliphatic carbocycles. The number of rotatable bonds is 5. The molecule has 0 spiro atoms. The largest absolute Gasteiger partial charge is 0.340 e. The molecule has 0 aliphatic rings. The van der Waals surface area contributed by atoms with Crippen LogP contribution in [-0.2, 0) is 0 Å². The minimum atomic E-state index is 1.00. The van der Waals surface area contributed by atoms with Crippen LogP contribution in [0.15, 0.2) is 17.6 Å². The zero-order chi connectivity index (χ0) is 7.94. The lowest BCUT2D eigenvalue weighted by Crippen LogP contribution is -2.15. The molecule has 0 aromatic carbocycles. The van der Waals surface area contributed by atoms with Gasteiger partial charge in [0.1, 0.15) is 0 Å². The van der Waals surface area contributed by atoms with Crippen molar-refractivity contribution in [3.63, 3.8) is 0 Å². The first-order valence-electron chi connectivity index (χ1n) is 3.76. The molecular weight excluding hydrogens is 158 g/mol. The second kappa shape index (κ2) is 5.21. The van der Waals surface area contributed by atoms with Gasteiger partial charge in [-0.3, -0.25) is 0 Å². The quantitative estimate of drug-likeness (QED) is 0.515. The van der Waals surface area contributed by atoms with Gasteiger partial charge >= 0.3 is 0 Å². The van der Waals surface area contributed by atoms with Gasteiger partial charge in [-0.05, 0) is 6.54 Å². The highest BCUT2D eigenvalue weighted by molar-refractivity contribution is 7.99. The molecule has 0 bridgehead atoms. The first-order chi connectivity index (χ1) is 5.43. The van der Waals surface area contributed by atoms with Crippen molar-refractivity contribution in [3.8, 4) is 0 Å². The highest BCUT2D eigenvalue weighted by atomic mass is 32.2. The maximum atomic E-state index is 4.09. The molecule has 4 heteroatoms. The summed E-state index contributed by atoms with van der Waals surface area (Å²) in [7, 11) is 0. The summed E-state index contributed by atoms with van der Waals surface area (Å²) in [5.74, 6) is 1.07. The van der Waals surface area contributed by atoms with Gasteiger partial charge in [-0.1, -0.05) is 18.7 Å². The molecule has 0 saturated heterocycles. The number of nitrogens with one attached hydrogen (secondary N) is 2. The van der Waals surface area contributed by atoms with Gasteiger partial charge in [0, 0.05) is 24.7 Å². The van der Waals surface area contributed by atoms with Gasteiger partial charge in [-0.25, -0.2) is 4.98 Å². The molecule has 1 aromatic rings. The van der Waals surface area contributed by atoms with E-state index in [9.17, 15) is 0 Å². The normalized spacial score (nSPS) is 10.3. The lowest BCUT2D eigenvalue weighted by Gasteiger charge is -1.97. The molecule has 0 radical (unpaired) electrons. The fourth-order valence-corrected chi connectivity index (χ4v) is 1.45.